The van der Waals surface area contributed by atoms with Gasteiger partial charge in [-0.25, -0.2) is 4.79 Å². The van der Waals surface area contributed by atoms with Gasteiger partial charge in [0.25, 0.3) is 5.91 Å². The second kappa shape index (κ2) is 8.65. The standard InChI is InChI=1S/C22H22N2O5/c1-28-19-12-16(9-10-23)17(13-20(19)29-2)14-5-7-15(8-6-14)21(25)24-11-3-4-18(24)22(26)27/h5-8,12-13,18H,3-4,9,11H2,1-2H3,(H,26,27). The molecule has 1 N–H and O–H groups in total. The van der Waals surface area contributed by atoms with Crippen molar-refractivity contribution in [3.05, 3.63) is 47.5 Å². The van der Waals surface area contributed by atoms with E-state index in [1.807, 2.05) is 6.07 Å². The highest BCUT2D eigenvalue weighted by Crippen LogP contribution is 2.36. The minimum absolute atomic E-state index is 0.199. The fourth-order valence-corrected chi connectivity index (χ4v) is 3.65. The number of hydrogen-bond donors (Lipinski definition) is 1. The third-order valence-electron chi connectivity index (χ3n) is 5.12. The maximum atomic E-state index is 12.7. The molecular weight excluding hydrogens is 372 g/mol. The highest BCUT2D eigenvalue weighted by Gasteiger charge is 2.34. The number of methoxy groups -OCH3 is 2. The number of carbonyl (C=O) groups excluding carboxylic acids is 1. The number of rotatable bonds is 6. The van der Waals surface area contributed by atoms with Gasteiger partial charge in [-0.2, -0.15) is 5.26 Å². The first kappa shape index (κ1) is 20.2. The average Bonchev–Trinajstić information content (AvgIpc) is 3.23. The van der Waals surface area contributed by atoms with Crippen LogP contribution in [0, 0.1) is 11.3 Å². The van der Waals surface area contributed by atoms with Crippen LogP contribution in [0.15, 0.2) is 36.4 Å². The SMILES string of the molecule is COc1cc(CC#N)c(-c2ccc(C(=O)N3CCCC3C(=O)O)cc2)cc1OC. The zero-order valence-corrected chi connectivity index (χ0v) is 16.3. The maximum Gasteiger partial charge on any atom is 0.326 e. The van der Waals surface area contributed by atoms with Crippen molar-refractivity contribution < 1.29 is 24.2 Å². The van der Waals surface area contributed by atoms with Crippen molar-refractivity contribution in [3.63, 3.8) is 0 Å². The van der Waals surface area contributed by atoms with Gasteiger partial charge in [-0.05, 0) is 53.8 Å². The van der Waals surface area contributed by atoms with Crippen molar-refractivity contribution in [1.29, 1.82) is 5.26 Å². The fraction of sp³-hybridized carbons (Fsp3) is 0.318. The van der Waals surface area contributed by atoms with E-state index in [-0.39, 0.29) is 12.3 Å². The van der Waals surface area contributed by atoms with E-state index in [2.05, 4.69) is 6.07 Å². The number of ether oxygens (including phenoxy) is 2. The molecule has 2 aromatic carbocycles. The van der Waals surface area contributed by atoms with Gasteiger partial charge in [-0.1, -0.05) is 12.1 Å². The molecular formula is C22H22N2O5. The summed E-state index contributed by atoms with van der Waals surface area (Å²) < 4.78 is 10.7. The second-order valence-electron chi connectivity index (χ2n) is 6.77. The number of amides is 1. The average molecular weight is 394 g/mol. The van der Waals surface area contributed by atoms with E-state index in [0.717, 1.165) is 16.7 Å². The van der Waals surface area contributed by atoms with Gasteiger partial charge in [0, 0.05) is 12.1 Å². The van der Waals surface area contributed by atoms with E-state index in [0.29, 0.717) is 36.4 Å². The zero-order chi connectivity index (χ0) is 21.0. The summed E-state index contributed by atoms with van der Waals surface area (Å²) >= 11 is 0. The molecule has 1 aliphatic rings. The summed E-state index contributed by atoms with van der Waals surface area (Å²) in [6, 6.07) is 11.9. The summed E-state index contributed by atoms with van der Waals surface area (Å²) in [4.78, 5) is 25.5. The van der Waals surface area contributed by atoms with Crippen LogP contribution >= 0.6 is 0 Å². The van der Waals surface area contributed by atoms with Gasteiger partial charge < -0.3 is 19.5 Å². The number of carboxylic acids is 1. The quantitative estimate of drug-likeness (QED) is 0.808. The van der Waals surface area contributed by atoms with Crippen LogP contribution in [0.4, 0.5) is 0 Å². The van der Waals surface area contributed by atoms with Gasteiger partial charge in [0.2, 0.25) is 0 Å². The van der Waals surface area contributed by atoms with E-state index >= 15 is 0 Å². The molecule has 29 heavy (non-hydrogen) atoms. The molecule has 0 saturated carbocycles. The Hall–Kier alpha value is -3.53. The Bertz CT molecular complexity index is 962. The molecule has 0 spiro atoms. The number of hydrogen-bond acceptors (Lipinski definition) is 5. The predicted molar refractivity (Wildman–Crippen MR) is 106 cm³/mol. The highest BCUT2D eigenvalue weighted by atomic mass is 16.5. The van der Waals surface area contributed by atoms with Crippen molar-refractivity contribution in [2.45, 2.75) is 25.3 Å². The minimum Gasteiger partial charge on any atom is -0.493 e. The number of carbonyl (C=O) groups is 2. The molecule has 0 radical (unpaired) electrons. The lowest BCUT2D eigenvalue weighted by Crippen LogP contribution is -2.40. The van der Waals surface area contributed by atoms with E-state index in [4.69, 9.17) is 14.7 Å². The Morgan fingerprint density at radius 1 is 1.17 bits per heavy atom. The highest BCUT2D eigenvalue weighted by molar-refractivity contribution is 5.97. The van der Waals surface area contributed by atoms with E-state index in [1.165, 1.54) is 12.0 Å². The van der Waals surface area contributed by atoms with E-state index in [1.54, 1.807) is 37.4 Å². The first-order chi connectivity index (χ1) is 14.0. The molecule has 2 aromatic rings. The lowest BCUT2D eigenvalue weighted by Gasteiger charge is -2.21. The number of benzene rings is 2. The molecule has 1 saturated heterocycles. The summed E-state index contributed by atoms with van der Waals surface area (Å²) in [7, 11) is 3.08. The van der Waals surface area contributed by atoms with Crippen LogP contribution in [-0.2, 0) is 11.2 Å². The van der Waals surface area contributed by atoms with E-state index in [9.17, 15) is 14.7 Å². The van der Waals surface area contributed by atoms with E-state index < -0.39 is 12.0 Å². The molecule has 1 heterocycles. The Morgan fingerprint density at radius 2 is 1.83 bits per heavy atom. The second-order valence-corrected chi connectivity index (χ2v) is 6.77. The molecule has 1 fully saturated rings. The van der Waals surface area contributed by atoms with Gasteiger partial charge in [0.1, 0.15) is 6.04 Å². The van der Waals surface area contributed by atoms with Crippen LogP contribution in [0.3, 0.4) is 0 Å². The summed E-state index contributed by atoms with van der Waals surface area (Å²) in [5.74, 6) is -0.169. The number of carboxylic acid groups (broad SMARTS) is 1. The molecule has 7 heteroatoms. The Balaban J connectivity index is 1.93. The van der Waals surface area contributed by atoms with Crippen LogP contribution in [0.5, 0.6) is 11.5 Å². The summed E-state index contributed by atoms with van der Waals surface area (Å²) in [5.41, 5.74) is 2.86. The van der Waals surface area contributed by atoms with Crippen molar-refractivity contribution in [3.8, 4) is 28.7 Å². The third kappa shape index (κ3) is 4.02. The lowest BCUT2D eigenvalue weighted by molar-refractivity contribution is -0.141. The maximum absolute atomic E-state index is 12.7. The van der Waals surface area contributed by atoms with Crippen LogP contribution in [0.25, 0.3) is 11.1 Å². The summed E-state index contributed by atoms with van der Waals surface area (Å²) in [6.07, 6.45) is 1.36. The monoisotopic (exact) mass is 394 g/mol. The smallest absolute Gasteiger partial charge is 0.326 e. The van der Waals surface area contributed by atoms with Gasteiger partial charge in [-0.15, -0.1) is 0 Å². The first-order valence-corrected chi connectivity index (χ1v) is 9.26. The van der Waals surface area contributed by atoms with Crippen LogP contribution < -0.4 is 9.47 Å². The Morgan fingerprint density at radius 3 is 2.41 bits per heavy atom. The molecule has 0 aromatic heterocycles. The van der Waals surface area contributed by atoms with Gasteiger partial charge >= 0.3 is 5.97 Å². The number of nitrogens with zero attached hydrogens (tertiary/aromatic N) is 2. The number of aliphatic carboxylic acids is 1. The van der Waals surface area contributed by atoms with Gasteiger partial charge in [-0.3, -0.25) is 4.79 Å². The van der Waals surface area contributed by atoms with Crippen LogP contribution in [0.2, 0.25) is 0 Å². The first-order valence-electron chi connectivity index (χ1n) is 9.26. The zero-order valence-electron chi connectivity index (χ0n) is 16.3. The molecule has 1 amide bonds. The molecule has 0 bridgehead atoms. The predicted octanol–water partition coefficient (Wildman–Crippen LogP) is 3.13. The lowest BCUT2D eigenvalue weighted by atomic mass is 9.96. The number of nitriles is 1. The molecule has 150 valence electrons. The topological polar surface area (TPSA) is 99.9 Å². The molecule has 1 aliphatic heterocycles. The van der Waals surface area contributed by atoms with Crippen molar-refractivity contribution in [2.75, 3.05) is 20.8 Å². The van der Waals surface area contributed by atoms with Gasteiger partial charge in [0.15, 0.2) is 11.5 Å². The Labute approximate surface area is 169 Å². The fourth-order valence-electron chi connectivity index (χ4n) is 3.65. The minimum atomic E-state index is -0.973. The van der Waals surface area contributed by atoms with Crippen molar-refractivity contribution >= 4 is 11.9 Å². The molecule has 1 atom stereocenters. The molecule has 1 unspecified atom stereocenters. The van der Waals surface area contributed by atoms with Crippen LogP contribution in [-0.4, -0.2) is 48.7 Å². The largest absolute Gasteiger partial charge is 0.493 e. The normalized spacial score (nSPS) is 15.6. The molecule has 3 rings (SSSR count). The molecule has 7 nitrogen and oxygen atoms in total. The van der Waals surface area contributed by atoms with Gasteiger partial charge in [0.05, 0.1) is 26.7 Å². The number of likely N-dealkylation sites (tertiary alicyclic amines) is 1. The summed E-state index contributed by atoms with van der Waals surface area (Å²) in [5, 5.41) is 18.5. The van der Waals surface area contributed by atoms with Crippen molar-refractivity contribution in [2.24, 2.45) is 0 Å². The van der Waals surface area contributed by atoms with Crippen molar-refractivity contribution in [1.82, 2.24) is 4.90 Å². The summed E-state index contributed by atoms with van der Waals surface area (Å²) in [6.45, 7) is 0.444. The van der Waals surface area contributed by atoms with Crippen LogP contribution in [0.1, 0.15) is 28.8 Å². The Kier molecular flexibility index (Phi) is 6.03. The molecule has 0 aliphatic carbocycles. The third-order valence-corrected chi connectivity index (χ3v) is 5.12.